The average Bonchev–Trinajstić information content (AvgIpc) is 1.64. The molecule has 0 aliphatic heterocycles. The molecule has 3 heteroatoms. The van der Waals surface area contributed by atoms with Crippen LogP contribution >= 0.6 is 0 Å². The number of rotatable bonds is 2. The minimum absolute atomic E-state index is 0.657. The van der Waals surface area contributed by atoms with E-state index in [1.807, 2.05) is 0 Å². The van der Waals surface area contributed by atoms with Crippen LogP contribution in [0.15, 0.2) is 0 Å². The van der Waals surface area contributed by atoms with Crippen molar-refractivity contribution < 1.29 is 15.0 Å². The second kappa shape index (κ2) is 2.67. The minimum atomic E-state index is -0.958. The van der Waals surface area contributed by atoms with Gasteiger partial charge in [0, 0.05) is 0 Å². The van der Waals surface area contributed by atoms with Crippen molar-refractivity contribution in [3.63, 3.8) is 0 Å². The predicted molar refractivity (Wildman–Crippen MR) is 28.5 cm³/mol. The molecule has 0 saturated heterocycles. The van der Waals surface area contributed by atoms with Crippen molar-refractivity contribution in [2.75, 3.05) is 0 Å². The summed E-state index contributed by atoms with van der Waals surface area (Å²) in [7, 11) is 0. The second-order valence-electron chi connectivity index (χ2n) is 1.87. The molecule has 0 rings (SSSR count). The van der Waals surface area contributed by atoms with Crippen LogP contribution in [0.4, 0.5) is 0 Å². The lowest BCUT2D eigenvalue weighted by Gasteiger charge is -2.06. The summed E-state index contributed by atoms with van der Waals surface area (Å²) in [5.74, 6) is -1.62. The van der Waals surface area contributed by atoms with Crippen LogP contribution in [-0.4, -0.2) is 22.3 Å². The molecule has 0 saturated carbocycles. The van der Waals surface area contributed by atoms with Gasteiger partial charge in [-0.2, -0.15) is 0 Å². The Hall–Kier alpha value is -0.570. The highest BCUT2D eigenvalue weighted by molar-refractivity contribution is 5.70. The molecule has 3 nitrogen and oxygen atoms in total. The Morgan fingerprint density at radius 1 is 1.50 bits per heavy atom. The number of hydrogen-bond donors (Lipinski definition) is 2. The molecule has 8 heavy (non-hydrogen) atoms. The minimum Gasteiger partial charge on any atom is -0.481 e. The fourth-order valence-electron chi connectivity index (χ4n) is 0.206. The normalized spacial score (nSPS) is 17.4. The molecule has 0 aliphatic rings. The third-order valence-corrected chi connectivity index (χ3v) is 1.11. The topological polar surface area (TPSA) is 57.5 Å². The van der Waals surface area contributed by atoms with E-state index in [9.17, 15) is 4.79 Å². The monoisotopic (exact) mass is 118 g/mol. The van der Waals surface area contributed by atoms with Crippen LogP contribution in [0.3, 0.4) is 0 Å². The van der Waals surface area contributed by atoms with E-state index in [1.165, 1.54) is 13.8 Å². The van der Waals surface area contributed by atoms with Gasteiger partial charge in [0.05, 0.1) is 12.0 Å². The molecule has 0 aliphatic carbocycles. The van der Waals surface area contributed by atoms with Crippen molar-refractivity contribution in [2.24, 2.45) is 5.92 Å². The molecule has 0 radical (unpaired) electrons. The first kappa shape index (κ1) is 7.43. The van der Waals surface area contributed by atoms with Gasteiger partial charge >= 0.3 is 5.97 Å². The first-order valence-corrected chi connectivity index (χ1v) is 2.46. The standard InChI is InChI=1S/C5H10O3/c1-3(4(2)6)5(7)8/h3-4,6H,1-2H3,(H,7,8)/t3-,4-/m0/s1. The quantitative estimate of drug-likeness (QED) is 0.540. The molecule has 0 aromatic heterocycles. The molecule has 0 amide bonds. The van der Waals surface area contributed by atoms with Crippen LogP contribution in [0, 0.1) is 5.92 Å². The molecule has 0 aromatic rings. The van der Waals surface area contributed by atoms with Crippen LogP contribution in [0.25, 0.3) is 0 Å². The molecule has 48 valence electrons. The Bertz CT molecular complexity index is 87.7. The first-order valence-electron chi connectivity index (χ1n) is 2.46. The molecular weight excluding hydrogens is 108 g/mol. The zero-order valence-electron chi connectivity index (χ0n) is 4.96. The van der Waals surface area contributed by atoms with E-state index in [-0.39, 0.29) is 0 Å². The van der Waals surface area contributed by atoms with Gasteiger partial charge in [-0.3, -0.25) is 4.79 Å². The van der Waals surface area contributed by atoms with Gasteiger partial charge in [0.25, 0.3) is 0 Å². The molecule has 2 atom stereocenters. The summed E-state index contributed by atoms with van der Waals surface area (Å²) in [6, 6.07) is 0. The number of aliphatic hydroxyl groups excluding tert-OH is 1. The van der Waals surface area contributed by atoms with Gasteiger partial charge in [-0.15, -0.1) is 0 Å². The van der Waals surface area contributed by atoms with Crippen LogP contribution < -0.4 is 0 Å². The van der Waals surface area contributed by atoms with Gasteiger partial charge in [-0.1, -0.05) is 0 Å². The summed E-state index contributed by atoms with van der Waals surface area (Å²) in [5.41, 5.74) is 0. The number of carboxylic acid groups (broad SMARTS) is 1. The maximum atomic E-state index is 9.98. The molecule has 0 unspecified atom stereocenters. The Kier molecular flexibility index (Phi) is 2.48. The Labute approximate surface area is 47.9 Å². The first-order chi connectivity index (χ1) is 3.55. The Morgan fingerprint density at radius 3 is 1.88 bits per heavy atom. The van der Waals surface area contributed by atoms with Crippen molar-refractivity contribution in [3.05, 3.63) is 0 Å². The molecule has 0 aromatic carbocycles. The van der Waals surface area contributed by atoms with Crippen molar-refractivity contribution >= 4 is 5.97 Å². The van der Waals surface area contributed by atoms with Crippen LogP contribution in [0.5, 0.6) is 0 Å². The summed E-state index contributed by atoms with van der Waals surface area (Å²) in [5, 5.41) is 16.8. The number of hydrogen-bond acceptors (Lipinski definition) is 2. The van der Waals surface area contributed by atoms with E-state index in [1.54, 1.807) is 0 Å². The lowest BCUT2D eigenvalue weighted by Crippen LogP contribution is -2.21. The van der Waals surface area contributed by atoms with E-state index >= 15 is 0 Å². The fourth-order valence-corrected chi connectivity index (χ4v) is 0.206. The van der Waals surface area contributed by atoms with Crippen molar-refractivity contribution in [2.45, 2.75) is 20.0 Å². The van der Waals surface area contributed by atoms with E-state index in [0.29, 0.717) is 0 Å². The fraction of sp³-hybridized carbons (Fsp3) is 0.800. The molecular formula is C5H10O3. The van der Waals surface area contributed by atoms with E-state index in [2.05, 4.69) is 0 Å². The highest BCUT2D eigenvalue weighted by Gasteiger charge is 2.15. The number of carboxylic acids is 1. The SMILES string of the molecule is C[C@H](O)[C@H](C)C(=O)O. The van der Waals surface area contributed by atoms with E-state index in [4.69, 9.17) is 10.2 Å². The van der Waals surface area contributed by atoms with Gasteiger partial charge in [-0.25, -0.2) is 0 Å². The highest BCUT2D eigenvalue weighted by Crippen LogP contribution is 1.99. The Morgan fingerprint density at radius 2 is 1.88 bits per heavy atom. The summed E-state index contributed by atoms with van der Waals surface area (Å²) in [6.45, 7) is 2.92. The summed E-state index contributed by atoms with van der Waals surface area (Å²) >= 11 is 0. The van der Waals surface area contributed by atoms with Gasteiger partial charge in [0.15, 0.2) is 0 Å². The zero-order chi connectivity index (χ0) is 6.73. The van der Waals surface area contributed by atoms with E-state index in [0.717, 1.165) is 0 Å². The zero-order valence-corrected chi connectivity index (χ0v) is 4.96. The maximum absolute atomic E-state index is 9.98. The van der Waals surface area contributed by atoms with E-state index < -0.39 is 18.0 Å². The van der Waals surface area contributed by atoms with Gasteiger partial charge in [-0.05, 0) is 13.8 Å². The van der Waals surface area contributed by atoms with Crippen molar-refractivity contribution in [1.82, 2.24) is 0 Å². The average molecular weight is 118 g/mol. The highest BCUT2D eigenvalue weighted by atomic mass is 16.4. The molecule has 0 fully saturated rings. The smallest absolute Gasteiger partial charge is 0.308 e. The van der Waals surface area contributed by atoms with Crippen LogP contribution in [0.2, 0.25) is 0 Å². The Balaban J connectivity index is 3.64. The number of aliphatic hydroxyl groups is 1. The van der Waals surface area contributed by atoms with Crippen LogP contribution in [0.1, 0.15) is 13.8 Å². The number of aliphatic carboxylic acids is 1. The number of carbonyl (C=O) groups is 1. The molecule has 2 N–H and O–H groups in total. The van der Waals surface area contributed by atoms with Gasteiger partial charge < -0.3 is 10.2 Å². The molecule has 0 spiro atoms. The lowest BCUT2D eigenvalue weighted by atomic mass is 10.1. The van der Waals surface area contributed by atoms with Crippen LogP contribution in [-0.2, 0) is 4.79 Å². The molecule has 0 heterocycles. The van der Waals surface area contributed by atoms with Crippen molar-refractivity contribution in [1.29, 1.82) is 0 Å². The summed E-state index contributed by atoms with van der Waals surface area (Å²) < 4.78 is 0. The lowest BCUT2D eigenvalue weighted by molar-refractivity contribution is -0.144. The predicted octanol–water partition coefficient (Wildman–Crippen LogP) is 0.0879. The van der Waals surface area contributed by atoms with Gasteiger partial charge in [0.2, 0.25) is 0 Å². The summed E-state index contributed by atoms with van der Waals surface area (Å²) in [6.07, 6.45) is -0.757. The third-order valence-electron chi connectivity index (χ3n) is 1.11. The third kappa shape index (κ3) is 1.93. The summed E-state index contributed by atoms with van der Waals surface area (Å²) in [4.78, 5) is 9.98. The second-order valence-corrected chi connectivity index (χ2v) is 1.87. The molecule has 0 bridgehead atoms. The largest absolute Gasteiger partial charge is 0.481 e. The van der Waals surface area contributed by atoms with Crippen molar-refractivity contribution in [3.8, 4) is 0 Å². The van der Waals surface area contributed by atoms with Gasteiger partial charge in [0.1, 0.15) is 0 Å². The maximum Gasteiger partial charge on any atom is 0.308 e.